The van der Waals surface area contributed by atoms with Crippen LogP contribution in [0, 0.1) is 0 Å². The number of carbonyl (C=O) groups is 1. The van der Waals surface area contributed by atoms with E-state index in [0.717, 1.165) is 12.1 Å². The Morgan fingerprint density at radius 2 is 1.73 bits per heavy atom. The molecule has 1 amide bonds. The molecule has 0 aliphatic carbocycles. The van der Waals surface area contributed by atoms with Crippen molar-refractivity contribution in [2.75, 3.05) is 17.7 Å². The van der Waals surface area contributed by atoms with Gasteiger partial charge in [-0.2, -0.15) is 0 Å². The Kier molecular flexibility index (Phi) is 5.43. The third-order valence-electron chi connectivity index (χ3n) is 3.87. The Labute approximate surface area is 152 Å². The van der Waals surface area contributed by atoms with Gasteiger partial charge in [0.1, 0.15) is 5.75 Å². The highest BCUT2D eigenvalue weighted by Crippen LogP contribution is 2.17. The van der Waals surface area contributed by atoms with Crippen molar-refractivity contribution in [3.05, 3.63) is 71.8 Å². The minimum Gasteiger partial charge on any atom is -0.497 e. The van der Waals surface area contributed by atoms with Gasteiger partial charge in [0.2, 0.25) is 0 Å². The van der Waals surface area contributed by atoms with Gasteiger partial charge < -0.3 is 15.4 Å². The molecule has 0 saturated heterocycles. The highest BCUT2D eigenvalue weighted by Gasteiger charge is 2.08. The molecule has 6 nitrogen and oxygen atoms in total. The zero-order valence-corrected chi connectivity index (χ0v) is 14.7. The molecule has 0 bridgehead atoms. The van der Waals surface area contributed by atoms with E-state index in [-0.39, 0.29) is 5.91 Å². The van der Waals surface area contributed by atoms with Gasteiger partial charge in [0.25, 0.3) is 5.91 Å². The van der Waals surface area contributed by atoms with Gasteiger partial charge in [0.15, 0.2) is 11.6 Å². The van der Waals surface area contributed by atoms with Crippen LogP contribution in [0.4, 0.5) is 17.3 Å². The molecule has 1 heterocycles. The fraction of sp³-hybridized carbons (Fsp3) is 0.150. The molecule has 0 aliphatic heterocycles. The van der Waals surface area contributed by atoms with E-state index in [4.69, 9.17) is 4.74 Å². The molecule has 0 saturated carbocycles. The van der Waals surface area contributed by atoms with E-state index < -0.39 is 0 Å². The highest BCUT2D eigenvalue weighted by atomic mass is 16.5. The monoisotopic (exact) mass is 348 g/mol. The lowest BCUT2D eigenvalue weighted by Gasteiger charge is -2.08. The maximum atomic E-state index is 12.3. The maximum Gasteiger partial charge on any atom is 0.256 e. The zero-order valence-electron chi connectivity index (χ0n) is 14.7. The summed E-state index contributed by atoms with van der Waals surface area (Å²) in [6, 6.07) is 18.5. The number of amides is 1. The fourth-order valence-electron chi connectivity index (χ4n) is 2.39. The van der Waals surface area contributed by atoms with Crippen molar-refractivity contribution in [2.24, 2.45) is 0 Å². The van der Waals surface area contributed by atoms with Crippen LogP contribution in [0.1, 0.15) is 22.8 Å². The van der Waals surface area contributed by atoms with Crippen LogP contribution in [0.2, 0.25) is 0 Å². The van der Waals surface area contributed by atoms with E-state index in [9.17, 15) is 4.79 Å². The molecule has 2 N–H and O–H groups in total. The quantitative estimate of drug-likeness (QED) is 0.703. The number of benzene rings is 2. The largest absolute Gasteiger partial charge is 0.497 e. The standard InChI is InChI=1S/C20H20N4O2/c1-3-14-7-9-16(10-8-14)21-18-11-12-19(24-23-18)22-20(25)15-5-4-6-17(13-15)26-2/h4-13H,3H2,1-2H3,(H,21,23)(H,22,24,25). The summed E-state index contributed by atoms with van der Waals surface area (Å²) in [6.45, 7) is 2.12. The summed E-state index contributed by atoms with van der Waals surface area (Å²) in [4.78, 5) is 12.3. The van der Waals surface area contributed by atoms with Gasteiger partial charge in [-0.15, -0.1) is 10.2 Å². The Hall–Kier alpha value is -3.41. The molecule has 1 aromatic heterocycles. The minimum atomic E-state index is -0.269. The van der Waals surface area contributed by atoms with Crippen molar-refractivity contribution in [1.82, 2.24) is 10.2 Å². The number of nitrogens with one attached hydrogen (secondary N) is 2. The number of anilines is 3. The van der Waals surface area contributed by atoms with Crippen molar-refractivity contribution in [3.8, 4) is 5.75 Å². The van der Waals surface area contributed by atoms with Crippen LogP contribution in [-0.2, 0) is 6.42 Å². The lowest BCUT2D eigenvalue weighted by atomic mass is 10.1. The minimum absolute atomic E-state index is 0.269. The molecule has 2 aromatic carbocycles. The van der Waals surface area contributed by atoms with Crippen molar-refractivity contribution in [2.45, 2.75) is 13.3 Å². The number of hydrogen-bond donors (Lipinski definition) is 2. The molecule has 0 unspecified atom stereocenters. The van der Waals surface area contributed by atoms with Crippen molar-refractivity contribution < 1.29 is 9.53 Å². The number of carbonyl (C=O) groups excluding carboxylic acids is 1. The molecule has 0 atom stereocenters. The fourth-order valence-corrected chi connectivity index (χ4v) is 2.39. The second kappa shape index (κ2) is 8.11. The molecule has 3 rings (SSSR count). The summed E-state index contributed by atoms with van der Waals surface area (Å²) in [6.07, 6.45) is 1.00. The van der Waals surface area contributed by atoms with E-state index >= 15 is 0 Å². The summed E-state index contributed by atoms with van der Waals surface area (Å²) in [5.41, 5.74) is 2.70. The SMILES string of the molecule is CCc1ccc(Nc2ccc(NC(=O)c3cccc(OC)c3)nn2)cc1. The summed E-state index contributed by atoms with van der Waals surface area (Å²) in [7, 11) is 1.56. The van der Waals surface area contributed by atoms with Gasteiger partial charge in [0, 0.05) is 11.3 Å². The third-order valence-corrected chi connectivity index (χ3v) is 3.87. The average molecular weight is 348 g/mol. The molecule has 0 aliphatic rings. The van der Waals surface area contributed by atoms with Gasteiger partial charge in [0.05, 0.1) is 7.11 Å². The third kappa shape index (κ3) is 4.36. The molecule has 6 heteroatoms. The lowest BCUT2D eigenvalue weighted by Crippen LogP contribution is -2.13. The number of ether oxygens (including phenoxy) is 1. The van der Waals surface area contributed by atoms with Gasteiger partial charge in [-0.1, -0.05) is 25.1 Å². The zero-order chi connectivity index (χ0) is 18.4. The van der Waals surface area contributed by atoms with Crippen molar-refractivity contribution in [1.29, 1.82) is 0 Å². The second-order valence-corrected chi connectivity index (χ2v) is 5.67. The molecule has 26 heavy (non-hydrogen) atoms. The van der Waals surface area contributed by atoms with Crippen LogP contribution in [0.5, 0.6) is 5.75 Å². The number of nitrogens with zero attached hydrogens (tertiary/aromatic N) is 2. The first-order valence-corrected chi connectivity index (χ1v) is 8.33. The average Bonchev–Trinajstić information content (AvgIpc) is 2.70. The smallest absolute Gasteiger partial charge is 0.256 e. The molecule has 3 aromatic rings. The van der Waals surface area contributed by atoms with Crippen LogP contribution in [0.3, 0.4) is 0 Å². The Morgan fingerprint density at radius 1 is 1.00 bits per heavy atom. The summed E-state index contributed by atoms with van der Waals surface area (Å²) in [5, 5.41) is 14.0. The first-order valence-electron chi connectivity index (χ1n) is 8.33. The van der Waals surface area contributed by atoms with E-state index in [1.54, 1.807) is 43.5 Å². The molecule has 0 spiro atoms. The predicted octanol–water partition coefficient (Wildman–Crippen LogP) is 4.04. The number of methoxy groups -OCH3 is 1. The van der Waals surface area contributed by atoms with Gasteiger partial charge >= 0.3 is 0 Å². The Morgan fingerprint density at radius 3 is 2.38 bits per heavy atom. The van der Waals surface area contributed by atoms with E-state index in [2.05, 4.69) is 39.9 Å². The van der Waals surface area contributed by atoms with E-state index in [1.165, 1.54) is 5.56 Å². The number of aryl methyl sites for hydroxylation is 1. The maximum absolute atomic E-state index is 12.3. The van der Waals surface area contributed by atoms with Crippen LogP contribution in [-0.4, -0.2) is 23.2 Å². The van der Waals surface area contributed by atoms with Crippen LogP contribution >= 0.6 is 0 Å². The summed E-state index contributed by atoms with van der Waals surface area (Å²) >= 11 is 0. The summed E-state index contributed by atoms with van der Waals surface area (Å²) in [5.74, 6) is 1.34. The van der Waals surface area contributed by atoms with Gasteiger partial charge in [-0.3, -0.25) is 4.79 Å². The van der Waals surface area contributed by atoms with Crippen LogP contribution < -0.4 is 15.4 Å². The Balaban J connectivity index is 1.64. The molecular weight excluding hydrogens is 328 g/mol. The molecular formula is C20H20N4O2. The van der Waals surface area contributed by atoms with Crippen LogP contribution in [0.25, 0.3) is 0 Å². The van der Waals surface area contributed by atoms with Crippen molar-refractivity contribution in [3.63, 3.8) is 0 Å². The number of hydrogen-bond acceptors (Lipinski definition) is 5. The normalized spacial score (nSPS) is 10.2. The van der Waals surface area contributed by atoms with Crippen LogP contribution in [0.15, 0.2) is 60.7 Å². The topological polar surface area (TPSA) is 76.1 Å². The number of aromatic nitrogens is 2. The van der Waals surface area contributed by atoms with E-state index in [1.807, 2.05) is 12.1 Å². The van der Waals surface area contributed by atoms with Crippen molar-refractivity contribution >= 4 is 23.2 Å². The molecule has 132 valence electrons. The second-order valence-electron chi connectivity index (χ2n) is 5.67. The lowest BCUT2D eigenvalue weighted by molar-refractivity contribution is 0.102. The first-order chi connectivity index (χ1) is 12.7. The predicted molar refractivity (Wildman–Crippen MR) is 102 cm³/mol. The summed E-state index contributed by atoms with van der Waals surface area (Å²) < 4.78 is 5.13. The number of rotatable bonds is 6. The van der Waals surface area contributed by atoms with Gasteiger partial charge in [-0.05, 0) is 54.4 Å². The van der Waals surface area contributed by atoms with E-state index in [0.29, 0.717) is 22.9 Å². The van der Waals surface area contributed by atoms with Gasteiger partial charge in [-0.25, -0.2) is 0 Å². The molecule has 0 fully saturated rings. The highest BCUT2D eigenvalue weighted by molar-refractivity contribution is 6.03. The Bertz CT molecular complexity index is 877. The first kappa shape index (κ1) is 17.4. The molecule has 0 radical (unpaired) electrons.